The highest BCUT2D eigenvalue weighted by atomic mass is 127. The van der Waals surface area contributed by atoms with Crippen molar-refractivity contribution in [3.8, 4) is 11.5 Å². The van der Waals surface area contributed by atoms with Crippen LogP contribution in [0.15, 0.2) is 46.9 Å². The molecule has 0 unspecified atom stereocenters. The van der Waals surface area contributed by atoms with Crippen LogP contribution in [-0.4, -0.2) is 11.1 Å². The van der Waals surface area contributed by atoms with Crippen molar-refractivity contribution in [1.82, 2.24) is 0 Å². The van der Waals surface area contributed by atoms with Crippen molar-refractivity contribution in [2.75, 3.05) is 0 Å². The predicted octanol–water partition coefficient (Wildman–Crippen LogP) is 4.54. The Hall–Kier alpha value is -1.08. The maximum atomic E-state index is 11.2. The van der Waals surface area contributed by atoms with E-state index in [1.165, 1.54) is 0 Å². The van der Waals surface area contributed by atoms with Gasteiger partial charge in [-0.05, 0) is 68.9 Å². The van der Waals surface area contributed by atoms with Crippen LogP contribution in [0.25, 0.3) is 0 Å². The van der Waals surface area contributed by atoms with E-state index in [0.717, 1.165) is 3.57 Å². The first-order chi connectivity index (χ1) is 8.58. The molecule has 0 radical (unpaired) electrons. The summed E-state index contributed by atoms with van der Waals surface area (Å²) in [5, 5.41) is 9.17. The second kappa shape index (κ2) is 5.71. The fourth-order valence-electron chi connectivity index (χ4n) is 1.45. The van der Waals surface area contributed by atoms with E-state index in [-0.39, 0.29) is 5.56 Å². The number of hydrogen-bond acceptors (Lipinski definition) is 2. The van der Waals surface area contributed by atoms with Crippen molar-refractivity contribution in [3.63, 3.8) is 0 Å². The Labute approximate surface area is 126 Å². The van der Waals surface area contributed by atoms with Crippen LogP contribution >= 0.6 is 38.5 Å². The fraction of sp³-hybridized carbons (Fsp3) is 0. The van der Waals surface area contributed by atoms with Crippen molar-refractivity contribution in [2.45, 2.75) is 0 Å². The molecule has 0 spiro atoms. The Morgan fingerprint density at radius 3 is 2.61 bits per heavy atom. The number of benzene rings is 2. The van der Waals surface area contributed by atoms with Crippen LogP contribution in [0.4, 0.5) is 0 Å². The first-order valence-corrected chi connectivity index (χ1v) is 6.90. The van der Waals surface area contributed by atoms with Crippen LogP contribution in [-0.2, 0) is 0 Å². The Balaban J connectivity index is 2.40. The highest BCUT2D eigenvalue weighted by Gasteiger charge is 2.15. The van der Waals surface area contributed by atoms with Crippen LogP contribution in [0.1, 0.15) is 10.4 Å². The lowest BCUT2D eigenvalue weighted by atomic mass is 10.2. The highest BCUT2D eigenvalue weighted by Crippen LogP contribution is 2.31. The van der Waals surface area contributed by atoms with Gasteiger partial charge in [-0.1, -0.05) is 12.1 Å². The summed E-state index contributed by atoms with van der Waals surface area (Å²) >= 11 is 5.38. The quantitative estimate of drug-likeness (QED) is 0.744. The van der Waals surface area contributed by atoms with Gasteiger partial charge in [-0.25, -0.2) is 4.79 Å². The SMILES string of the molecule is O=C(O)c1c(Br)cccc1Oc1cccc(I)c1. The van der Waals surface area contributed by atoms with E-state index in [4.69, 9.17) is 9.84 Å². The smallest absolute Gasteiger partial charge is 0.340 e. The second-order valence-corrected chi connectivity index (χ2v) is 5.58. The van der Waals surface area contributed by atoms with Gasteiger partial charge in [0.15, 0.2) is 0 Å². The summed E-state index contributed by atoms with van der Waals surface area (Å²) in [6, 6.07) is 12.5. The molecule has 0 atom stereocenters. The van der Waals surface area contributed by atoms with E-state index in [1.54, 1.807) is 24.3 Å². The standard InChI is InChI=1S/C13H8BrIO3/c14-10-5-2-6-11(12(10)13(16)17)18-9-4-1-3-8(15)7-9/h1-7H,(H,16,17). The summed E-state index contributed by atoms with van der Waals surface area (Å²) in [7, 11) is 0. The molecule has 0 aliphatic rings. The third kappa shape index (κ3) is 3.02. The van der Waals surface area contributed by atoms with Crippen LogP contribution < -0.4 is 4.74 Å². The van der Waals surface area contributed by atoms with Crippen molar-refractivity contribution in [2.24, 2.45) is 0 Å². The number of carbonyl (C=O) groups is 1. The van der Waals surface area contributed by atoms with E-state index < -0.39 is 5.97 Å². The average Bonchev–Trinajstić information content (AvgIpc) is 2.28. The number of hydrogen-bond donors (Lipinski definition) is 1. The predicted molar refractivity (Wildman–Crippen MR) is 80.3 cm³/mol. The van der Waals surface area contributed by atoms with Gasteiger partial charge < -0.3 is 9.84 Å². The molecule has 2 aromatic rings. The Morgan fingerprint density at radius 1 is 1.22 bits per heavy atom. The van der Waals surface area contributed by atoms with Crippen LogP contribution in [0, 0.1) is 3.57 Å². The van der Waals surface area contributed by atoms with Gasteiger partial charge in [0.25, 0.3) is 0 Å². The number of carboxylic acid groups (broad SMARTS) is 1. The van der Waals surface area contributed by atoms with Crippen molar-refractivity contribution < 1.29 is 14.6 Å². The molecule has 2 aromatic carbocycles. The van der Waals surface area contributed by atoms with Gasteiger partial charge in [-0.2, -0.15) is 0 Å². The third-order valence-corrected chi connectivity index (χ3v) is 3.54. The Kier molecular flexibility index (Phi) is 4.23. The first kappa shape index (κ1) is 13.4. The molecule has 5 heteroatoms. The van der Waals surface area contributed by atoms with E-state index in [1.807, 2.05) is 18.2 Å². The van der Waals surface area contributed by atoms with Crippen molar-refractivity contribution >= 4 is 44.5 Å². The van der Waals surface area contributed by atoms with Gasteiger partial charge >= 0.3 is 5.97 Å². The van der Waals surface area contributed by atoms with E-state index >= 15 is 0 Å². The van der Waals surface area contributed by atoms with Crippen molar-refractivity contribution in [3.05, 3.63) is 56.1 Å². The molecule has 0 bridgehead atoms. The van der Waals surface area contributed by atoms with Gasteiger partial charge in [-0.15, -0.1) is 0 Å². The Morgan fingerprint density at radius 2 is 1.94 bits per heavy atom. The maximum Gasteiger partial charge on any atom is 0.340 e. The molecule has 0 aromatic heterocycles. The fourth-order valence-corrected chi connectivity index (χ4v) is 2.49. The van der Waals surface area contributed by atoms with Crippen LogP contribution in [0.3, 0.4) is 0 Å². The van der Waals surface area contributed by atoms with E-state index in [2.05, 4.69) is 38.5 Å². The number of aromatic carboxylic acids is 1. The molecule has 3 nitrogen and oxygen atoms in total. The zero-order valence-corrected chi connectivity index (χ0v) is 12.8. The molecular weight excluding hydrogens is 411 g/mol. The monoisotopic (exact) mass is 418 g/mol. The zero-order valence-electron chi connectivity index (χ0n) is 9.06. The van der Waals surface area contributed by atoms with Crippen molar-refractivity contribution in [1.29, 1.82) is 0 Å². The normalized spacial score (nSPS) is 10.1. The molecular formula is C13H8BrIO3. The zero-order chi connectivity index (χ0) is 13.1. The summed E-state index contributed by atoms with van der Waals surface area (Å²) < 4.78 is 7.14. The molecule has 2 rings (SSSR count). The topological polar surface area (TPSA) is 46.5 Å². The first-order valence-electron chi connectivity index (χ1n) is 5.03. The Bertz CT molecular complexity index is 599. The molecule has 0 aliphatic carbocycles. The lowest BCUT2D eigenvalue weighted by molar-refractivity contribution is 0.0693. The number of halogens is 2. The molecule has 0 heterocycles. The summed E-state index contributed by atoms with van der Waals surface area (Å²) in [4.78, 5) is 11.2. The maximum absolute atomic E-state index is 11.2. The van der Waals surface area contributed by atoms with Crippen LogP contribution in [0.5, 0.6) is 11.5 Å². The number of ether oxygens (including phenoxy) is 1. The molecule has 0 saturated carbocycles. The molecule has 92 valence electrons. The molecule has 1 N–H and O–H groups in total. The summed E-state index contributed by atoms with van der Waals surface area (Å²) in [6.07, 6.45) is 0. The van der Waals surface area contributed by atoms with Crippen LogP contribution in [0.2, 0.25) is 0 Å². The second-order valence-electron chi connectivity index (χ2n) is 3.48. The lowest BCUT2D eigenvalue weighted by Crippen LogP contribution is -2.01. The molecule has 0 aliphatic heterocycles. The molecule has 18 heavy (non-hydrogen) atoms. The molecule has 0 amide bonds. The summed E-state index contributed by atoms with van der Waals surface area (Å²) in [5.74, 6) is -0.0931. The van der Waals surface area contributed by atoms with E-state index in [0.29, 0.717) is 16.0 Å². The lowest BCUT2D eigenvalue weighted by Gasteiger charge is -2.10. The number of carboxylic acids is 1. The van der Waals surface area contributed by atoms with Gasteiger partial charge in [0.1, 0.15) is 17.1 Å². The molecule has 0 fully saturated rings. The minimum atomic E-state index is -1.02. The minimum absolute atomic E-state index is 0.122. The molecule has 0 saturated heterocycles. The van der Waals surface area contributed by atoms with Gasteiger partial charge in [0.2, 0.25) is 0 Å². The van der Waals surface area contributed by atoms with Gasteiger partial charge in [0, 0.05) is 8.04 Å². The highest BCUT2D eigenvalue weighted by molar-refractivity contribution is 14.1. The van der Waals surface area contributed by atoms with Gasteiger partial charge in [-0.3, -0.25) is 0 Å². The average molecular weight is 419 g/mol. The summed E-state index contributed by atoms with van der Waals surface area (Å²) in [5.41, 5.74) is 0.122. The number of rotatable bonds is 3. The largest absolute Gasteiger partial charge is 0.478 e. The minimum Gasteiger partial charge on any atom is -0.478 e. The van der Waals surface area contributed by atoms with E-state index in [9.17, 15) is 4.79 Å². The van der Waals surface area contributed by atoms with Gasteiger partial charge in [0.05, 0.1) is 0 Å². The summed E-state index contributed by atoms with van der Waals surface area (Å²) in [6.45, 7) is 0. The third-order valence-electron chi connectivity index (χ3n) is 2.21.